The molecule has 1 aliphatic rings. The van der Waals surface area contributed by atoms with Crippen LogP contribution in [0.25, 0.3) is 0 Å². The van der Waals surface area contributed by atoms with Gasteiger partial charge in [-0.05, 0) is 31.9 Å². The monoisotopic (exact) mass is 391 g/mol. The van der Waals surface area contributed by atoms with E-state index >= 15 is 0 Å². The van der Waals surface area contributed by atoms with Gasteiger partial charge < -0.3 is 25.4 Å². The van der Waals surface area contributed by atoms with Crippen molar-refractivity contribution in [2.45, 2.75) is 19.8 Å². The first-order valence-electron chi connectivity index (χ1n) is 9.15. The highest BCUT2D eigenvalue weighted by atomic mass is 16.5. The lowest BCUT2D eigenvalue weighted by Crippen LogP contribution is -2.43. The Balaban J connectivity index is 1.73. The molecule has 1 aromatic rings. The van der Waals surface area contributed by atoms with Crippen LogP contribution < -0.4 is 15.8 Å². The molecule has 152 valence electrons. The highest BCUT2D eigenvalue weighted by Crippen LogP contribution is 2.18. The van der Waals surface area contributed by atoms with Crippen LogP contribution in [-0.4, -0.2) is 61.4 Å². The van der Waals surface area contributed by atoms with Crippen molar-refractivity contribution in [3.8, 4) is 5.75 Å². The summed E-state index contributed by atoms with van der Waals surface area (Å²) in [5.41, 5.74) is 5.57. The number of hydrogen-bond acceptors (Lipinski definition) is 6. The van der Waals surface area contributed by atoms with Crippen LogP contribution in [0.4, 0.5) is 0 Å². The summed E-state index contributed by atoms with van der Waals surface area (Å²) in [4.78, 5) is 48.8. The van der Waals surface area contributed by atoms with Gasteiger partial charge in [-0.25, -0.2) is 0 Å². The second-order valence-electron chi connectivity index (χ2n) is 6.33. The van der Waals surface area contributed by atoms with Crippen molar-refractivity contribution in [3.63, 3.8) is 0 Å². The molecule has 9 nitrogen and oxygen atoms in total. The number of likely N-dealkylation sites (tertiary alicyclic amines) is 1. The molecule has 1 aromatic carbocycles. The van der Waals surface area contributed by atoms with Crippen molar-refractivity contribution in [2.24, 2.45) is 11.7 Å². The molecule has 1 fully saturated rings. The summed E-state index contributed by atoms with van der Waals surface area (Å²) in [7, 11) is 0. The molecule has 2 rings (SSSR count). The molecule has 3 N–H and O–H groups in total. The Hall–Kier alpha value is -3.10. The number of rotatable bonds is 8. The topological polar surface area (TPSA) is 128 Å². The van der Waals surface area contributed by atoms with E-state index in [2.05, 4.69) is 5.32 Å². The van der Waals surface area contributed by atoms with Gasteiger partial charge in [0.1, 0.15) is 12.3 Å². The number of nitrogens with two attached hydrogens (primary N) is 1. The van der Waals surface area contributed by atoms with E-state index < -0.39 is 18.5 Å². The SMILES string of the molecule is CCOc1ccccc1C(=O)NCC(=O)OCC(=O)N1CCC(C(N)=O)CC1. The van der Waals surface area contributed by atoms with Gasteiger partial charge in [-0.3, -0.25) is 19.2 Å². The number of ether oxygens (including phenoxy) is 2. The lowest BCUT2D eigenvalue weighted by atomic mass is 9.96. The Morgan fingerprint density at radius 2 is 1.86 bits per heavy atom. The maximum atomic E-state index is 12.2. The average molecular weight is 391 g/mol. The van der Waals surface area contributed by atoms with Crippen LogP contribution in [0.1, 0.15) is 30.1 Å². The summed E-state index contributed by atoms with van der Waals surface area (Å²) in [5.74, 6) is -1.69. The Bertz CT molecular complexity index is 728. The Morgan fingerprint density at radius 1 is 1.18 bits per heavy atom. The Kier molecular flexibility index (Phi) is 7.79. The van der Waals surface area contributed by atoms with E-state index in [9.17, 15) is 19.2 Å². The van der Waals surface area contributed by atoms with Crippen LogP contribution in [0, 0.1) is 5.92 Å². The van der Waals surface area contributed by atoms with Gasteiger partial charge in [0.2, 0.25) is 5.91 Å². The number of benzene rings is 1. The molecule has 28 heavy (non-hydrogen) atoms. The van der Waals surface area contributed by atoms with Gasteiger partial charge in [-0.15, -0.1) is 0 Å². The van der Waals surface area contributed by atoms with E-state index in [1.54, 1.807) is 31.2 Å². The number of nitrogens with one attached hydrogen (secondary N) is 1. The third-order valence-electron chi connectivity index (χ3n) is 4.43. The predicted octanol–water partition coefficient (Wildman–Crippen LogP) is 0.0822. The first-order chi connectivity index (χ1) is 13.4. The minimum atomic E-state index is -0.720. The van der Waals surface area contributed by atoms with Gasteiger partial charge in [0, 0.05) is 19.0 Å². The van der Waals surface area contributed by atoms with Crippen LogP contribution in [0.5, 0.6) is 5.75 Å². The minimum absolute atomic E-state index is 0.221. The maximum Gasteiger partial charge on any atom is 0.325 e. The number of piperidine rings is 1. The molecule has 0 spiro atoms. The molecule has 1 heterocycles. The van der Waals surface area contributed by atoms with E-state index in [1.165, 1.54) is 4.90 Å². The fraction of sp³-hybridized carbons (Fsp3) is 0.474. The largest absolute Gasteiger partial charge is 0.493 e. The smallest absolute Gasteiger partial charge is 0.325 e. The van der Waals surface area contributed by atoms with Gasteiger partial charge in [0.15, 0.2) is 6.61 Å². The highest BCUT2D eigenvalue weighted by Gasteiger charge is 2.26. The third kappa shape index (κ3) is 5.97. The molecule has 0 bridgehead atoms. The zero-order valence-corrected chi connectivity index (χ0v) is 15.8. The molecule has 1 aliphatic heterocycles. The number of para-hydroxylation sites is 1. The van der Waals surface area contributed by atoms with Crippen LogP contribution in [0.15, 0.2) is 24.3 Å². The molecule has 1 saturated heterocycles. The summed E-state index contributed by atoms with van der Waals surface area (Å²) in [6, 6.07) is 6.69. The van der Waals surface area contributed by atoms with Gasteiger partial charge in [0.25, 0.3) is 11.8 Å². The number of nitrogens with zero attached hydrogens (tertiary/aromatic N) is 1. The van der Waals surface area contributed by atoms with Crippen molar-refractivity contribution in [3.05, 3.63) is 29.8 Å². The van der Waals surface area contributed by atoms with Crippen LogP contribution >= 0.6 is 0 Å². The molecule has 9 heteroatoms. The van der Waals surface area contributed by atoms with E-state index in [-0.39, 0.29) is 24.3 Å². The predicted molar refractivity (Wildman–Crippen MR) is 99.4 cm³/mol. The minimum Gasteiger partial charge on any atom is -0.493 e. The lowest BCUT2D eigenvalue weighted by Gasteiger charge is -2.30. The highest BCUT2D eigenvalue weighted by molar-refractivity contribution is 5.98. The number of carbonyl (C=O) groups is 4. The van der Waals surface area contributed by atoms with E-state index in [0.29, 0.717) is 43.9 Å². The quantitative estimate of drug-likeness (QED) is 0.604. The fourth-order valence-electron chi connectivity index (χ4n) is 2.88. The number of esters is 1. The molecule has 0 atom stereocenters. The molecule has 3 amide bonds. The molecule has 0 unspecified atom stereocenters. The van der Waals surface area contributed by atoms with Crippen molar-refractivity contribution in [2.75, 3.05) is 32.8 Å². The summed E-state index contributed by atoms with van der Waals surface area (Å²) < 4.78 is 10.3. The number of amides is 3. The standard InChI is InChI=1S/C19H25N3O6/c1-2-27-15-6-4-3-5-14(15)19(26)21-11-17(24)28-12-16(23)22-9-7-13(8-10-22)18(20)25/h3-6,13H,2,7-12H2,1H3,(H2,20,25)(H,21,26). The van der Waals surface area contributed by atoms with Gasteiger partial charge in [-0.2, -0.15) is 0 Å². The summed E-state index contributed by atoms with van der Waals surface area (Å²) >= 11 is 0. The molecule has 0 aromatic heterocycles. The Labute approximate surface area is 163 Å². The fourth-order valence-corrected chi connectivity index (χ4v) is 2.88. The van der Waals surface area contributed by atoms with Gasteiger partial charge in [-0.1, -0.05) is 12.1 Å². The number of carbonyl (C=O) groups excluding carboxylic acids is 4. The van der Waals surface area contributed by atoms with Crippen molar-refractivity contribution >= 4 is 23.7 Å². The van der Waals surface area contributed by atoms with Crippen molar-refractivity contribution in [1.82, 2.24) is 10.2 Å². The lowest BCUT2D eigenvalue weighted by molar-refractivity contribution is -0.151. The first-order valence-corrected chi connectivity index (χ1v) is 9.15. The van der Waals surface area contributed by atoms with E-state index in [1.807, 2.05) is 0 Å². The average Bonchev–Trinajstić information content (AvgIpc) is 2.71. The van der Waals surface area contributed by atoms with Gasteiger partial charge in [0.05, 0.1) is 12.2 Å². The zero-order chi connectivity index (χ0) is 20.5. The van der Waals surface area contributed by atoms with E-state index in [4.69, 9.17) is 15.2 Å². The van der Waals surface area contributed by atoms with Crippen molar-refractivity contribution in [1.29, 1.82) is 0 Å². The third-order valence-corrected chi connectivity index (χ3v) is 4.43. The summed E-state index contributed by atoms with van der Waals surface area (Å²) in [5, 5.41) is 2.45. The zero-order valence-electron chi connectivity index (χ0n) is 15.8. The first kappa shape index (κ1) is 21.2. The Morgan fingerprint density at radius 3 is 2.50 bits per heavy atom. The molecular weight excluding hydrogens is 366 g/mol. The second kappa shape index (κ2) is 10.3. The molecular formula is C19H25N3O6. The number of hydrogen-bond donors (Lipinski definition) is 2. The second-order valence-corrected chi connectivity index (χ2v) is 6.33. The maximum absolute atomic E-state index is 12.2. The van der Waals surface area contributed by atoms with Crippen molar-refractivity contribution < 1.29 is 28.7 Å². The molecule has 0 aliphatic carbocycles. The summed E-state index contributed by atoms with van der Waals surface area (Å²) in [6.07, 6.45) is 1.01. The number of primary amides is 1. The van der Waals surface area contributed by atoms with E-state index in [0.717, 1.165) is 0 Å². The summed E-state index contributed by atoms with van der Waals surface area (Å²) in [6.45, 7) is 2.23. The molecule has 0 saturated carbocycles. The molecule has 0 radical (unpaired) electrons. The normalized spacial score (nSPS) is 14.2. The van der Waals surface area contributed by atoms with Crippen LogP contribution in [0.2, 0.25) is 0 Å². The van der Waals surface area contributed by atoms with Gasteiger partial charge >= 0.3 is 5.97 Å². The van der Waals surface area contributed by atoms with Crippen LogP contribution in [0.3, 0.4) is 0 Å². The van der Waals surface area contributed by atoms with Crippen LogP contribution in [-0.2, 0) is 19.1 Å².